The van der Waals surface area contributed by atoms with Crippen LogP contribution in [0.2, 0.25) is 0 Å². The van der Waals surface area contributed by atoms with Crippen LogP contribution in [0.1, 0.15) is 43.7 Å². The van der Waals surface area contributed by atoms with E-state index in [2.05, 4.69) is 26.2 Å². The van der Waals surface area contributed by atoms with Gasteiger partial charge in [-0.1, -0.05) is 59.5 Å². The molecule has 0 aliphatic heterocycles. The monoisotopic (exact) mass is 439 g/mol. The van der Waals surface area contributed by atoms with Crippen LogP contribution >= 0.6 is 15.9 Å². The van der Waals surface area contributed by atoms with E-state index < -0.39 is 6.04 Å². The van der Waals surface area contributed by atoms with Crippen LogP contribution in [-0.2, 0) is 4.79 Å². The Kier molecular flexibility index (Phi) is 5.57. The molecule has 0 saturated heterocycles. The molecule has 1 unspecified atom stereocenters. The molecule has 5 nitrogen and oxygen atoms in total. The van der Waals surface area contributed by atoms with Crippen molar-refractivity contribution in [2.45, 2.75) is 44.2 Å². The molecule has 1 amide bonds. The first-order chi connectivity index (χ1) is 13.6. The van der Waals surface area contributed by atoms with Crippen molar-refractivity contribution in [3.63, 3.8) is 0 Å². The van der Waals surface area contributed by atoms with Crippen molar-refractivity contribution in [1.29, 1.82) is 0 Å². The number of carbonyl (C=O) groups excluding carboxylic acids is 1. The maximum Gasteiger partial charge on any atom is 0.270 e. The molecular formula is C22H22BrN3O2. The summed E-state index contributed by atoms with van der Waals surface area (Å²) in [4.78, 5) is 30.5. The third-order valence-corrected chi connectivity index (χ3v) is 5.81. The molecule has 1 fully saturated rings. The zero-order valence-corrected chi connectivity index (χ0v) is 17.1. The predicted octanol–water partition coefficient (Wildman–Crippen LogP) is 4.20. The maximum atomic E-state index is 13.4. The van der Waals surface area contributed by atoms with Crippen LogP contribution in [-0.4, -0.2) is 21.5 Å². The molecule has 1 aliphatic rings. The van der Waals surface area contributed by atoms with E-state index in [4.69, 9.17) is 0 Å². The summed E-state index contributed by atoms with van der Waals surface area (Å²) in [5.74, 6) is -0.150. The molecule has 3 aromatic rings. The highest BCUT2D eigenvalue weighted by atomic mass is 79.9. The van der Waals surface area contributed by atoms with E-state index in [1.165, 1.54) is 12.6 Å². The number of hydrogen-bond acceptors (Lipinski definition) is 3. The molecule has 144 valence electrons. The van der Waals surface area contributed by atoms with Crippen molar-refractivity contribution >= 4 is 32.9 Å². The summed E-state index contributed by atoms with van der Waals surface area (Å²) >= 11 is 3.49. The molecule has 1 N–H and O–H groups in total. The summed E-state index contributed by atoms with van der Waals surface area (Å²) in [5.41, 5.74) is 1.81. The summed E-state index contributed by atoms with van der Waals surface area (Å²) in [6, 6.07) is 14.4. The fourth-order valence-electron chi connectivity index (χ4n) is 3.97. The minimum Gasteiger partial charge on any atom is -0.351 e. The van der Waals surface area contributed by atoms with Crippen LogP contribution in [0.3, 0.4) is 0 Å². The van der Waals surface area contributed by atoms with Crippen molar-refractivity contribution in [3.8, 4) is 0 Å². The lowest BCUT2D eigenvalue weighted by molar-refractivity contribution is -0.124. The van der Waals surface area contributed by atoms with Gasteiger partial charge in [0, 0.05) is 10.5 Å². The number of halogens is 1. The van der Waals surface area contributed by atoms with Gasteiger partial charge in [0.1, 0.15) is 6.04 Å². The van der Waals surface area contributed by atoms with E-state index in [0.717, 1.165) is 35.7 Å². The first kappa shape index (κ1) is 18.9. The number of amides is 1. The maximum absolute atomic E-state index is 13.4. The highest BCUT2D eigenvalue weighted by molar-refractivity contribution is 9.10. The second-order valence-electron chi connectivity index (χ2n) is 7.26. The van der Waals surface area contributed by atoms with E-state index in [0.29, 0.717) is 11.0 Å². The topological polar surface area (TPSA) is 64.0 Å². The number of fused-ring (bicyclic) bond motifs is 1. The lowest BCUT2D eigenvalue weighted by Crippen LogP contribution is -2.43. The lowest BCUT2D eigenvalue weighted by Gasteiger charge is -2.27. The van der Waals surface area contributed by atoms with Crippen molar-refractivity contribution < 1.29 is 4.79 Å². The van der Waals surface area contributed by atoms with Crippen LogP contribution in [0.5, 0.6) is 0 Å². The van der Waals surface area contributed by atoms with E-state index in [-0.39, 0.29) is 17.5 Å². The Balaban J connectivity index is 1.83. The quantitative estimate of drug-likeness (QED) is 0.662. The third kappa shape index (κ3) is 3.87. The van der Waals surface area contributed by atoms with Gasteiger partial charge in [-0.25, -0.2) is 4.98 Å². The normalized spacial score (nSPS) is 16.0. The van der Waals surface area contributed by atoms with Crippen LogP contribution in [0.25, 0.3) is 11.0 Å². The zero-order chi connectivity index (χ0) is 19.5. The minimum atomic E-state index is -0.750. The first-order valence-electron chi connectivity index (χ1n) is 9.65. The lowest BCUT2D eigenvalue weighted by atomic mass is 9.95. The summed E-state index contributed by atoms with van der Waals surface area (Å²) in [6.45, 7) is 0. The molecule has 2 aromatic carbocycles. The molecule has 0 spiro atoms. The summed E-state index contributed by atoms with van der Waals surface area (Å²) in [5, 5.41) is 3.19. The van der Waals surface area contributed by atoms with Gasteiger partial charge in [-0.05, 0) is 42.7 Å². The van der Waals surface area contributed by atoms with Crippen LogP contribution in [0.15, 0.2) is 64.0 Å². The number of rotatable bonds is 4. The smallest absolute Gasteiger partial charge is 0.270 e. The molecule has 4 rings (SSSR count). The Morgan fingerprint density at radius 1 is 1.11 bits per heavy atom. The Labute approximate surface area is 171 Å². The minimum absolute atomic E-state index is 0.150. The number of aromatic nitrogens is 2. The van der Waals surface area contributed by atoms with Crippen molar-refractivity contribution in [2.24, 2.45) is 0 Å². The van der Waals surface area contributed by atoms with Crippen molar-refractivity contribution in [3.05, 3.63) is 75.1 Å². The Bertz CT molecular complexity index is 1060. The molecule has 1 aromatic heterocycles. The van der Waals surface area contributed by atoms with Gasteiger partial charge in [-0.2, -0.15) is 0 Å². The van der Waals surface area contributed by atoms with Crippen LogP contribution in [0.4, 0.5) is 0 Å². The second-order valence-corrected chi connectivity index (χ2v) is 8.17. The van der Waals surface area contributed by atoms with E-state index in [1.54, 1.807) is 4.57 Å². The summed E-state index contributed by atoms with van der Waals surface area (Å²) in [7, 11) is 0. The van der Waals surface area contributed by atoms with Gasteiger partial charge in [0.05, 0.1) is 17.2 Å². The average Bonchev–Trinajstić information content (AvgIpc) is 2.71. The van der Waals surface area contributed by atoms with E-state index in [9.17, 15) is 9.59 Å². The number of hydrogen-bond donors (Lipinski definition) is 1. The molecule has 1 aliphatic carbocycles. The van der Waals surface area contributed by atoms with Gasteiger partial charge in [-0.3, -0.25) is 14.2 Å². The Morgan fingerprint density at radius 2 is 1.89 bits per heavy atom. The predicted molar refractivity (Wildman–Crippen MR) is 113 cm³/mol. The Morgan fingerprint density at radius 3 is 2.68 bits per heavy atom. The third-order valence-electron chi connectivity index (χ3n) is 5.32. The van der Waals surface area contributed by atoms with Gasteiger partial charge in [0.15, 0.2) is 0 Å². The molecule has 1 atom stereocenters. The molecule has 0 radical (unpaired) electrons. The first-order valence-corrected chi connectivity index (χ1v) is 10.4. The van der Waals surface area contributed by atoms with Gasteiger partial charge < -0.3 is 5.32 Å². The molecular weight excluding hydrogens is 418 g/mol. The highest BCUT2D eigenvalue weighted by Crippen LogP contribution is 2.25. The van der Waals surface area contributed by atoms with Gasteiger partial charge in [0.25, 0.3) is 5.56 Å². The second kappa shape index (κ2) is 8.27. The number of nitrogens with zero attached hydrogens (tertiary/aromatic N) is 2. The molecule has 28 heavy (non-hydrogen) atoms. The molecule has 0 bridgehead atoms. The number of benzene rings is 2. The van der Waals surface area contributed by atoms with Crippen molar-refractivity contribution in [1.82, 2.24) is 14.9 Å². The number of carbonyl (C=O) groups is 1. The number of para-hydroxylation sites is 2. The van der Waals surface area contributed by atoms with Crippen molar-refractivity contribution in [2.75, 3.05) is 0 Å². The van der Waals surface area contributed by atoms with E-state index >= 15 is 0 Å². The van der Waals surface area contributed by atoms with Crippen LogP contribution < -0.4 is 10.9 Å². The summed E-state index contributed by atoms with van der Waals surface area (Å²) in [6.07, 6.45) is 6.75. The van der Waals surface area contributed by atoms with Gasteiger partial charge in [0.2, 0.25) is 5.91 Å². The zero-order valence-electron chi connectivity index (χ0n) is 15.5. The highest BCUT2D eigenvalue weighted by Gasteiger charge is 2.28. The fraction of sp³-hybridized carbons (Fsp3) is 0.318. The van der Waals surface area contributed by atoms with Gasteiger partial charge in [-0.15, -0.1) is 0 Å². The largest absolute Gasteiger partial charge is 0.351 e. The molecule has 1 saturated carbocycles. The molecule has 1 heterocycles. The average molecular weight is 440 g/mol. The SMILES string of the molecule is O=C(NC1CCCCC1)C(c1cccc(Br)c1)n1c(=O)cnc2ccccc21. The number of nitrogens with one attached hydrogen (secondary N) is 1. The van der Waals surface area contributed by atoms with Gasteiger partial charge >= 0.3 is 0 Å². The standard InChI is InChI=1S/C22H22BrN3O2/c23-16-8-6-7-15(13-16)21(22(28)25-17-9-2-1-3-10-17)26-19-12-5-4-11-18(19)24-14-20(26)27/h4-8,11-14,17,21H,1-3,9-10H2,(H,25,28). The molecule has 6 heteroatoms. The Hall–Kier alpha value is -2.47. The van der Waals surface area contributed by atoms with E-state index in [1.807, 2.05) is 48.5 Å². The van der Waals surface area contributed by atoms with Crippen LogP contribution in [0, 0.1) is 0 Å². The summed E-state index contributed by atoms with van der Waals surface area (Å²) < 4.78 is 2.43. The fourth-order valence-corrected chi connectivity index (χ4v) is 4.39.